The lowest BCUT2D eigenvalue weighted by Crippen LogP contribution is -2.17. The highest BCUT2D eigenvalue weighted by molar-refractivity contribution is 6.30. The molecule has 0 saturated heterocycles. The SMILES string of the molecule is COc1ccc2c(c1)OCC/C2=N\OC(=O)c1ccc(Cl)cc1. The second kappa shape index (κ2) is 6.71. The summed E-state index contributed by atoms with van der Waals surface area (Å²) >= 11 is 5.79. The van der Waals surface area contributed by atoms with E-state index in [9.17, 15) is 4.79 Å². The first-order valence-electron chi connectivity index (χ1n) is 7.02. The number of carbonyl (C=O) groups excluding carboxylic acids is 1. The zero-order valence-electron chi connectivity index (χ0n) is 12.4. The monoisotopic (exact) mass is 331 g/mol. The van der Waals surface area contributed by atoms with Crippen LogP contribution in [0.4, 0.5) is 0 Å². The van der Waals surface area contributed by atoms with Gasteiger partial charge in [-0.3, -0.25) is 0 Å². The number of rotatable bonds is 3. The van der Waals surface area contributed by atoms with Crippen LogP contribution in [-0.4, -0.2) is 25.4 Å². The van der Waals surface area contributed by atoms with E-state index >= 15 is 0 Å². The maximum atomic E-state index is 12.0. The van der Waals surface area contributed by atoms with Gasteiger partial charge in [0.25, 0.3) is 0 Å². The molecule has 0 bridgehead atoms. The number of halogens is 1. The Labute approximate surface area is 138 Å². The van der Waals surface area contributed by atoms with Gasteiger partial charge in [0, 0.05) is 23.1 Å². The fourth-order valence-electron chi connectivity index (χ4n) is 2.21. The molecule has 0 amide bonds. The van der Waals surface area contributed by atoms with Gasteiger partial charge in [-0.15, -0.1) is 0 Å². The summed E-state index contributed by atoms with van der Waals surface area (Å²) in [5.74, 6) is 0.829. The maximum absolute atomic E-state index is 12.0. The molecule has 0 fully saturated rings. The molecule has 0 aliphatic carbocycles. The highest BCUT2D eigenvalue weighted by atomic mass is 35.5. The van der Waals surface area contributed by atoms with E-state index in [1.165, 1.54) is 0 Å². The topological polar surface area (TPSA) is 57.1 Å². The number of fused-ring (bicyclic) bond motifs is 1. The minimum atomic E-state index is -0.532. The molecule has 3 rings (SSSR count). The molecular formula is C17H14ClNO4. The summed E-state index contributed by atoms with van der Waals surface area (Å²) in [7, 11) is 1.59. The molecule has 0 unspecified atom stereocenters. The normalized spacial score (nSPS) is 14.8. The first-order chi connectivity index (χ1) is 11.2. The first-order valence-corrected chi connectivity index (χ1v) is 7.40. The largest absolute Gasteiger partial charge is 0.497 e. The van der Waals surface area contributed by atoms with E-state index in [1.807, 2.05) is 12.1 Å². The average molecular weight is 332 g/mol. The van der Waals surface area contributed by atoms with Crippen molar-refractivity contribution in [3.05, 3.63) is 58.6 Å². The van der Waals surface area contributed by atoms with Gasteiger partial charge in [0.1, 0.15) is 11.5 Å². The highest BCUT2D eigenvalue weighted by Crippen LogP contribution is 2.29. The Bertz CT molecular complexity index is 756. The third kappa shape index (κ3) is 3.46. The molecule has 1 aliphatic heterocycles. The van der Waals surface area contributed by atoms with E-state index in [4.69, 9.17) is 25.9 Å². The van der Waals surface area contributed by atoms with Crippen LogP contribution in [0.2, 0.25) is 5.02 Å². The van der Waals surface area contributed by atoms with Crippen molar-refractivity contribution in [3.8, 4) is 11.5 Å². The quantitative estimate of drug-likeness (QED) is 0.635. The van der Waals surface area contributed by atoms with Crippen LogP contribution >= 0.6 is 11.6 Å². The molecule has 0 aromatic heterocycles. The summed E-state index contributed by atoms with van der Waals surface area (Å²) in [6.45, 7) is 0.470. The van der Waals surface area contributed by atoms with E-state index in [0.29, 0.717) is 40.8 Å². The maximum Gasteiger partial charge on any atom is 0.365 e. The van der Waals surface area contributed by atoms with Crippen molar-refractivity contribution in [2.45, 2.75) is 6.42 Å². The molecule has 0 N–H and O–H groups in total. The van der Waals surface area contributed by atoms with E-state index in [0.717, 1.165) is 5.56 Å². The molecule has 0 spiro atoms. The van der Waals surface area contributed by atoms with Gasteiger partial charge in [0.15, 0.2) is 0 Å². The number of oxime groups is 1. The first kappa shape index (κ1) is 15.4. The predicted octanol–water partition coefficient (Wildman–Crippen LogP) is 3.69. The Morgan fingerprint density at radius 1 is 1.22 bits per heavy atom. The van der Waals surface area contributed by atoms with Crippen LogP contribution < -0.4 is 9.47 Å². The molecule has 23 heavy (non-hydrogen) atoms. The number of ether oxygens (including phenoxy) is 2. The van der Waals surface area contributed by atoms with Crippen LogP contribution in [0, 0.1) is 0 Å². The van der Waals surface area contributed by atoms with Gasteiger partial charge < -0.3 is 14.3 Å². The molecule has 0 atom stereocenters. The third-order valence-corrected chi connectivity index (χ3v) is 3.67. The zero-order valence-corrected chi connectivity index (χ0v) is 13.2. The molecule has 1 heterocycles. The molecule has 1 aliphatic rings. The van der Waals surface area contributed by atoms with Crippen molar-refractivity contribution in [2.75, 3.05) is 13.7 Å². The van der Waals surface area contributed by atoms with Crippen LogP contribution in [0.25, 0.3) is 0 Å². The van der Waals surface area contributed by atoms with Crippen molar-refractivity contribution >= 4 is 23.3 Å². The number of hydrogen-bond donors (Lipinski definition) is 0. The standard InChI is InChI=1S/C17H14ClNO4/c1-21-13-6-7-14-15(8-9-22-16(14)10-13)19-23-17(20)11-2-4-12(18)5-3-11/h2-7,10H,8-9H2,1H3/b19-15+. The Balaban J connectivity index is 1.79. The second-order valence-electron chi connectivity index (χ2n) is 4.88. The Hall–Kier alpha value is -2.53. The van der Waals surface area contributed by atoms with Crippen LogP contribution in [-0.2, 0) is 4.84 Å². The number of nitrogens with zero attached hydrogens (tertiary/aromatic N) is 1. The number of hydrogen-bond acceptors (Lipinski definition) is 5. The van der Waals surface area contributed by atoms with Gasteiger partial charge >= 0.3 is 5.97 Å². The van der Waals surface area contributed by atoms with Crippen molar-refractivity contribution in [1.82, 2.24) is 0 Å². The van der Waals surface area contributed by atoms with Crippen LogP contribution in [0.5, 0.6) is 11.5 Å². The van der Waals surface area contributed by atoms with Crippen LogP contribution in [0.1, 0.15) is 22.3 Å². The molecular weight excluding hydrogens is 318 g/mol. The fraction of sp³-hybridized carbons (Fsp3) is 0.176. The third-order valence-electron chi connectivity index (χ3n) is 3.41. The summed E-state index contributed by atoms with van der Waals surface area (Å²) in [5, 5.41) is 4.55. The van der Waals surface area contributed by atoms with Crippen LogP contribution in [0.3, 0.4) is 0 Å². The Morgan fingerprint density at radius 2 is 2.00 bits per heavy atom. The minimum absolute atomic E-state index is 0.390. The van der Waals surface area contributed by atoms with Crippen molar-refractivity contribution in [3.63, 3.8) is 0 Å². The molecule has 0 radical (unpaired) electrons. The number of carbonyl (C=O) groups is 1. The van der Waals surface area contributed by atoms with E-state index in [2.05, 4.69) is 5.16 Å². The van der Waals surface area contributed by atoms with Crippen molar-refractivity contribution in [2.24, 2.45) is 5.16 Å². The molecule has 118 valence electrons. The molecule has 5 nitrogen and oxygen atoms in total. The molecule has 2 aromatic carbocycles. The van der Waals surface area contributed by atoms with Gasteiger partial charge in [-0.2, -0.15) is 0 Å². The lowest BCUT2D eigenvalue weighted by atomic mass is 10.0. The van der Waals surface area contributed by atoms with Gasteiger partial charge in [0.05, 0.1) is 25.0 Å². The highest BCUT2D eigenvalue weighted by Gasteiger charge is 2.19. The second-order valence-corrected chi connectivity index (χ2v) is 5.32. The lowest BCUT2D eigenvalue weighted by Gasteiger charge is -2.19. The summed E-state index contributed by atoms with van der Waals surface area (Å²) in [5.41, 5.74) is 1.85. The Morgan fingerprint density at radius 3 is 2.74 bits per heavy atom. The summed E-state index contributed by atoms with van der Waals surface area (Å²) < 4.78 is 10.7. The summed E-state index contributed by atoms with van der Waals surface area (Å²) in [6.07, 6.45) is 0.563. The van der Waals surface area contributed by atoms with E-state index < -0.39 is 5.97 Å². The predicted molar refractivity (Wildman–Crippen MR) is 86.5 cm³/mol. The van der Waals surface area contributed by atoms with Crippen LogP contribution in [0.15, 0.2) is 47.6 Å². The van der Waals surface area contributed by atoms with Gasteiger partial charge in [-0.25, -0.2) is 4.79 Å². The molecule has 6 heteroatoms. The number of benzene rings is 2. The van der Waals surface area contributed by atoms with Gasteiger partial charge in [-0.1, -0.05) is 16.8 Å². The fourth-order valence-corrected chi connectivity index (χ4v) is 2.34. The Kier molecular flexibility index (Phi) is 4.48. The van der Waals surface area contributed by atoms with E-state index in [-0.39, 0.29) is 0 Å². The zero-order chi connectivity index (χ0) is 16.2. The van der Waals surface area contributed by atoms with E-state index in [1.54, 1.807) is 37.4 Å². The van der Waals surface area contributed by atoms with Gasteiger partial charge in [0.2, 0.25) is 0 Å². The molecule has 0 saturated carbocycles. The molecule has 2 aromatic rings. The lowest BCUT2D eigenvalue weighted by molar-refractivity contribution is 0.0514. The summed E-state index contributed by atoms with van der Waals surface area (Å²) in [6, 6.07) is 11.9. The minimum Gasteiger partial charge on any atom is -0.497 e. The smallest absolute Gasteiger partial charge is 0.365 e. The van der Waals surface area contributed by atoms with Crippen molar-refractivity contribution < 1.29 is 19.1 Å². The summed E-state index contributed by atoms with van der Waals surface area (Å²) in [4.78, 5) is 17.0. The number of methoxy groups -OCH3 is 1. The van der Waals surface area contributed by atoms with Crippen molar-refractivity contribution in [1.29, 1.82) is 0 Å². The van der Waals surface area contributed by atoms with Gasteiger partial charge in [-0.05, 0) is 36.4 Å². The average Bonchev–Trinajstić information content (AvgIpc) is 2.59.